The molecule has 1 aliphatic rings. The standard InChI is InChI=1S/C6H12N2O2S2/c1-12(2,10)8-6(9)5-3-11-4-7-5/h5,7H,3-4H2,1-2H3. The van der Waals surface area contributed by atoms with Crippen molar-refractivity contribution in [3.63, 3.8) is 0 Å². The van der Waals surface area contributed by atoms with Crippen LogP contribution >= 0.6 is 11.8 Å². The number of hydrogen-bond donors (Lipinski definition) is 1. The molecule has 4 nitrogen and oxygen atoms in total. The van der Waals surface area contributed by atoms with Gasteiger partial charge in [0.2, 0.25) is 0 Å². The summed E-state index contributed by atoms with van der Waals surface area (Å²) in [6.45, 7) is 0. The van der Waals surface area contributed by atoms with E-state index in [1.165, 1.54) is 12.5 Å². The zero-order valence-corrected chi connectivity index (χ0v) is 8.70. The number of amides is 1. The minimum Gasteiger partial charge on any atom is -0.296 e. The van der Waals surface area contributed by atoms with E-state index in [2.05, 4.69) is 9.68 Å². The van der Waals surface area contributed by atoms with Gasteiger partial charge in [-0.15, -0.1) is 11.8 Å². The molecule has 1 aliphatic heterocycles. The molecule has 1 atom stereocenters. The van der Waals surface area contributed by atoms with Gasteiger partial charge in [-0.2, -0.15) is 4.36 Å². The first kappa shape index (κ1) is 10.0. The van der Waals surface area contributed by atoms with Gasteiger partial charge in [0.15, 0.2) is 0 Å². The van der Waals surface area contributed by atoms with Crippen molar-refractivity contribution in [2.24, 2.45) is 4.36 Å². The molecule has 1 unspecified atom stereocenters. The van der Waals surface area contributed by atoms with Crippen molar-refractivity contribution < 1.29 is 9.00 Å². The quantitative estimate of drug-likeness (QED) is 0.654. The van der Waals surface area contributed by atoms with Crippen LogP contribution in [-0.4, -0.2) is 40.3 Å². The zero-order valence-electron chi connectivity index (χ0n) is 7.07. The molecule has 0 radical (unpaired) electrons. The fourth-order valence-electron chi connectivity index (χ4n) is 0.834. The van der Waals surface area contributed by atoms with Crippen molar-refractivity contribution in [1.82, 2.24) is 5.32 Å². The first-order chi connectivity index (χ1) is 5.49. The molecule has 6 heteroatoms. The summed E-state index contributed by atoms with van der Waals surface area (Å²) in [5, 5.41) is 2.97. The highest BCUT2D eigenvalue weighted by Gasteiger charge is 2.22. The van der Waals surface area contributed by atoms with Crippen molar-refractivity contribution in [3.8, 4) is 0 Å². The Morgan fingerprint density at radius 3 is 2.75 bits per heavy atom. The predicted molar refractivity (Wildman–Crippen MR) is 51.7 cm³/mol. The van der Waals surface area contributed by atoms with E-state index in [1.54, 1.807) is 11.8 Å². The van der Waals surface area contributed by atoms with Crippen molar-refractivity contribution >= 4 is 27.4 Å². The Morgan fingerprint density at radius 1 is 1.67 bits per heavy atom. The van der Waals surface area contributed by atoms with Crippen molar-refractivity contribution in [3.05, 3.63) is 0 Å². The maximum absolute atomic E-state index is 11.2. The smallest absolute Gasteiger partial charge is 0.271 e. The number of thioether (sulfide) groups is 1. The third kappa shape index (κ3) is 3.12. The molecule has 0 bridgehead atoms. The molecule has 0 aromatic heterocycles. The van der Waals surface area contributed by atoms with E-state index in [-0.39, 0.29) is 11.9 Å². The van der Waals surface area contributed by atoms with Crippen molar-refractivity contribution in [2.45, 2.75) is 6.04 Å². The molecule has 0 aromatic rings. The van der Waals surface area contributed by atoms with Gasteiger partial charge in [-0.1, -0.05) is 0 Å². The average molecular weight is 208 g/mol. The van der Waals surface area contributed by atoms with Crippen LogP contribution in [-0.2, 0) is 14.5 Å². The van der Waals surface area contributed by atoms with Gasteiger partial charge in [-0.25, -0.2) is 4.21 Å². The van der Waals surface area contributed by atoms with Crippen molar-refractivity contribution in [2.75, 3.05) is 24.1 Å². The largest absolute Gasteiger partial charge is 0.296 e. The number of nitrogens with one attached hydrogen (secondary N) is 1. The van der Waals surface area contributed by atoms with Crippen LogP contribution in [0.2, 0.25) is 0 Å². The van der Waals surface area contributed by atoms with Gasteiger partial charge in [-0.3, -0.25) is 10.1 Å². The summed E-state index contributed by atoms with van der Waals surface area (Å²) in [6, 6.07) is -0.226. The second-order valence-electron chi connectivity index (χ2n) is 2.88. The summed E-state index contributed by atoms with van der Waals surface area (Å²) < 4.78 is 14.7. The third-order valence-electron chi connectivity index (χ3n) is 1.32. The molecule has 12 heavy (non-hydrogen) atoms. The van der Waals surface area contributed by atoms with Crippen LogP contribution in [0.4, 0.5) is 0 Å². The molecule has 1 saturated heterocycles. The molecule has 0 saturated carbocycles. The molecule has 0 aliphatic carbocycles. The molecule has 1 amide bonds. The van der Waals surface area contributed by atoms with E-state index in [0.717, 1.165) is 11.6 Å². The van der Waals surface area contributed by atoms with E-state index in [9.17, 15) is 9.00 Å². The second-order valence-corrected chi connectivity index (χ2v) is 6.46. The topological polar surface area (TPSA) is 58.5 Å². The predicted octanol–water partition coefficient (Wildman–Crippen LogP) is -0.0969. The summed E-state index contributed by atoms with van der Waals surface area (Å²) in [5.74, 6) is 1.23. The molecule has 70 valence electrons. The lowest BCUT2D eigenvalue weighted by atomic mass is 10.3. The highest BCUT2D eigenvalue weighted by atomic mass is 32.2. The van der Waals surface area contributed by atoms with Gasteiger partial charge >= 0.3 is 0 Å². The number of rotatable bonds is 1. The molecule has 1 N–H and O–H groups in total. The molecular formula is C6H12N2O2S2. The Morgan fingerprint density at radius 2 is 2.33 bits per heavy atom. The van der Waals surface area contributed by atoms with Crippen LogP contribution in [0.5, 0.6) is 0 Å². The summed E-state index contributed by atoms with van der Waals surface area (Å²) in [4.78, 5) is 11.2. The lowest BCUT2D eigenvalue weighted by Gasteiger charge is -2.03. The minimum atomic E-state index is -2.28. The van der Waals surface area contributed by atoms with Gasteiger partial charge in [0.25, 0.3) is 5.91 Å². The molecule has 1 heterocycles. The van der Waals surface area contributed by atoms with E-state index in [0.29, 0.717) is 0 Å². The van der Waals surface area contributed by atoms with Gasteiger partial charge in [0, 0.05) is 33.9 Å². The van der Waals surface area contributed by atoms with Crippen LogP contribution in [0.15, 0.2) is 4.36 Å². The second kappa shape index (κ2) is 3.76. The Kier molecular flexibility index (Phi) is 3.14. The number of carbonyl (C=O) groups excluding carboxylic acids is 1. The fraction of sp³-hybridized carbons (Fsp3) is 0.833. The van der Waals surface area contributed by atoms with E-state index in [4.69, 9.17) is 0 Å². The maximum Gasteiger partial charge on any atom is 0.271 e. The summed E-state index contributed by atoms with van der Waals surface area (Å²) in [5.41, 5.74) is 0. The van der Waals surface area contributed by atoms with Crippen LogP contribution < -0.4 is 5.32 Å². The minimum absolute atomic E-state index is 0.226. The number of nitrogens with zero attached hydrogens (tertiary/aromatic N) is 1. The summed E-state index contributed by atoms with van der Waals surface area (Å²) in [7, 11) is -2.28. The lowest BCUT2D eigenvalue weighted by molar-refractivity contribution is -0.118. The van der Waals surface area contributed by atoms with E-state index >= 15 is 0 Å². The summed E-state index contributed by atoms with van der Waals surface area (Å²) in [6.07, 6.45) is 2.93. The highest BCUT2D eigenvalue weighted by molar-refractivity contribution is 7.99. The highest BCUT2D eigenvalue weighted by Crippen LogP contribution is 2.10. The van der Waals surface area contributed by atoms with Crippen LogP contribution in [0.25, 0.3) is 0 Å². The number of carbonyl (C=O) groups is 1. The van der Waals surface area contributed by atoms with Gasteiger partial charge < -0.3 is 0 Å². The Labute approximate surface area is 76.7 Å². The van der Waals surface area contributed by atoms with E-state index < -0.39 is 9.73 Å². The molecule has 0 spiro atoms. The van der Waals surface area contributed by atoms with Crippen LogP contribution in [0.3, 0.4) is 0 Å². The first-order valence-electron chi connectivity index (χ1n) is 3.51. The SMILES string of the molecule is CS(C)(=O)=NC(=O)C1CSCN1. The van der Waals surface area contributed by atoms with Crippen LogP contribution in [0, 0.1) is 0 Å². The molecular weight excluding hydrogens is 196 g/mol. The van der Waals surface area contributed by atoms with Crippen LogP contribution in [0.1, 0.15) is 0 Å². The Balaban J connectivity index is 2.66. The van der Waals surface area contributed by atoms with Crippen molar-refractivity contribution in [1.29, 1.82) is 0 Å². The molecule has 0 aromatic carbocycles. The fourth-order valence-corrected chi connectivity index (χ4v) is 2.33. The zero-order chi connectivity index (χ0) is 9.19. The maximum atomic E-state index is 11.2. The third-order valence-corrected chi connectivity index (χ3v) is 2.88. The normalized spacial score (nSPS) is 24.0. The van der Waals surface area contributed by atoms with Gasteiger partial charge in [0.05, 0.1) is 6.04 Å². The monoisotopic (exact) mass is 208 g/mol. The van der Waals surface area contributed by atoms with Gasteiger partial charge in [-0.05, 0) is 0 Å². The Hall–Kier alpha value is -0.0700. The molecule has 1 fully saturated rings. The van der Waals surface area contributed by atoms with Gasteiger partial charge in [0.1, 0.15) is 0 Å². The molecule has 1 rings (SSSR count). The first-order valence-corrected chi connectivity index (χ1v) is 7.00. The van der Waals surface area contributed by atoms with E-state index in [1.807, 2.05) is 0 Å². The number of hydrogen-bond acceptors (Lipinski definition) is 4. The average Bonchev–Trinajstić information content (AvgIpc) is 2.32. The lowest BCUT2D eigenvalue weighted by Crippen LogP contribution is -2.32. The Bertz CT molecular complexity index is 280. The summed E-state index contributed by atoms with van der Waals surface area (Å²) >= 11 is 1.65.